The van der Waals surface area contributed by atoms with Crippen LogP contribution in [0.3, 0.4) is 0 Å². The van der Waals surface area contributed by atoms with Gasteiger partial charge in [-0.2, -0.15) is 0 Å². The Morgan fingerprint density at radius 3 is 2.82 bits per heavy atom. The summed E-state index contributed by atoms with van der Waals surface area (Å²) < 4.78 is 0. The fourth-order valence-electron chi connectivity index (χ4n) is 2.74. The monoisotopic (exact) mass is 271 g/mol. The van der Waals surface area contributed by atoms with Gasteiger partial charge in [-0.25, -0.2) is 0 Å². The molecule has 96 valence electrons. The summed E-state index contributed by atoms with van der Waals surface area (Å²) in [7, 11) is 0. The van der Waals surface area contributed by atoms with Crippen LogP contribution in [0, 0.1) is 5.92 Å². The van der Waals surface area contributed by atoms with Gasteiger partial charge >= 0.3 is 0 Å². The highest BCUT2D eigenvalue weighted by atomic mass is 35.5. The Morgan fingerprint density at radius 1 is 1.47 bits per heavy atom. The highest BCUT2D eigenvalue weighted by Gasteiger charge is 2.22. The summed E-state index contributed by atoms with van der Waals surface area (Å²) in [6, 6.07) is 2.50. The maximum atomic E-state index is 6.27. The molecule has 0 saturated heterocycles. The predicted molar refractivity (Wildman–Crippen MR) is 76.9 cm³/mol. The average molecular weight is 272 g/mol. The third-order valence-electron chi connectivity index (χ3n) is 3.65. The Labute approximate surface area is 114 Å². The highest BCUT2D eigenvalue weighted by molar-refractivity contribution is 7.10. The fourth-order valence-corrected chi connectivity index (χ4v) is 4.01. The Balaban J connectivity index is 1.99. The third-order valence-corrected chi connectivity index (χ3v) is 5.12. The average Bonchev–Trinajstić information content (AvgIpc) is 2.95. The first-order valence-electron chi connectivity index (χ1n) is 6.77. The molecule has 1 atom stereocenters. The molecule has 3 heteroatoms. The van der Waals surface area contributed by atoms with Crippen LogP contribution >= 0.6 is 22.9 Å². The van der Waals surface area contributed by atoms with Crippen molar-refractivity contribution in [3.63, 3.8) is 0 Å². The van der Waals surface area contributed by atoms with Crippen molar-refractivity contribution in [1.29, 1.82) is 0 Å². The molecule has 1 nitrogen and oxygen atoms in total. The molecule has 0 aromatic carbocycles. The van der Waals surface area contributed by atoms with Crippen LogP contribution in [0.1, 0.15) is 56.4 Å². The largest absolute Gasteiger partial charge is 0.309 e. The molecule has 1 N–H and O–H groups in total. The molecule has 1 saturated carbocycles. The molecule has 1 unspecified atom stereocenters. The molecule has 2 rings (SSSR count). The summed E-state index contributed by atoms with van der Waals surface area (Å²) in [6.45, 7) is 3.31. The van der Waals surface area contributed by atoms with Gasteiger partial charge in [0.2, 0.25) is 0 Å². The van der Waals surface area contributed by atoms with Crippen molar-refractivity contribution in [3.8, 4) is 0 Å². The summed E-state index contributed by atoms with van der Waals surface area (Å²) >= 11 is 8.07. The minimum absolute atomic E-state index is 0.477. The molecule has 1 aromatic heterocycles. The topological polar surface area (TPSA) is 12.0 Å². The molecule has 0 spiro atoms. The van der Waals surface area contributed by atoms with Crippen LogP contribution in [-0.4, -0.2) is 6.54 Å². The number of hydrogen-bond donors (Lipinski definition) is 1. The molecule has 1 fully saturated rings. The van der Waals surface area contributed by atoms with Crippen LogP contribution in [0.25, 0.3) is 0 Å². The summed E-state index contributed by atoms with van der Waals surface area (Å²) in [6.07, 6.45) is 8.11. The van der Waals surface area contributed by atoms with Gasteiger partial charge in [0.15, 0.2) is 0 Å². The van der Waals surface area contributed by atoms with Gasteiger partial charge in [0.1, 0.15) is 0 Å². The number of hydrogen-bond acceptors (Lipinski definition) is 2. The van der Waals surface area contributed by atoms with E-state index < -0.39 is 0 Å². The summed E-state index contributed by atoms with van der Waals surface area (Å²) in [5.41, 5.74) is 0. The standard InChI is InChI=1S/C14H22ClNS/c1-2-8-16-13(10-11-5-3-4-6-11)14-12(15)7-9-17-14/h7,9,11,13,16H,2-6,8,10H2,1H3. The van der Waals surface area contributed by atoms with Crippen LogP contribution in [0.2, 0.25) is 5.02 Å². The smallest absolute Gasteiger partial charge is 0.0561 e. The normalized spacial score (nSPS) is 18.7. The second-order valence-corrected chi connectivity index (χ2v) is 6.38. The van der Waals surface area contributed by atoms with Crippen LogP contribution in [0.5, 0.6) is 0 Å². The van der Waals surface area contributed by atoms with E-state index in [0.717, 1.165) is 17.5 Å². The lowest BCUT2D eigenvalue weighted by molar-refractivity contribution is 0.399. The molecule has 0 radical (unpaired) electrons. The first-order valence-corrected chi connectivity index (χ1v) is 8.03. The van der Waals surface area contributed by atoms with Crippen LogP contribution in [0.4, 0.5) is 0 Å². The molecule has 0 aliphatic heterocycles. The van der Waals surface area contributed by atoms with Crippen molar-refractivity contribution >= 4 is 22.9 Å². The maximum Gasteiger partial charge on any atom is 0.0561 e. The van der Waals surface area contributed by atoms with E-state index in [2.05, 4.69) is 17.6 Å². The highest BCUT2D eigenvalue weighted by Crippen LogP contribution is 2.37. The Hall–Kier alpha value is -0.0500. The minimum Gasteiger partial charge on any atom is -0.309 e. The predicted octanol–water partition coefficient (Wildman–Crippen LogP) is 5.02. The fraction of sp³-hybridized carbons (Fsp3) is 0.714. The zero-order chi connectivity index (χ0) is 12.1. The van der Waals surface area contributed by atoms with Crippen molar-refractivity contribution in [3.05, 3.63) is 21.3 Å². The molecule has 17 heavy (non-hydrogen) atoms. The molecular weight excluding hydrogens is 250 g/mol. The van der Waals surface area contributed by atoms with Crippen molar-refractivity contribution in [2.45, 2.75) is 51.5 Å². The Morgan fingerprint density at radius 2 is 2.24 bits per heavy atom. The van der Waals surface area contributed by atoms with Gasteiger partial charge in [0.25, 0.3) is 0 Å². The van der Waals surface area contributed by atoms with Crippen molar-refractivity contribution in [2.75, 3.05) is 6.54 Å². The van der Waals surface area contributed by atoms with Gasteiger partial charge in [0.05, 0.1) is 5.02 Å². The lowest BCUT2D eigenvalue weighted by Crippen LogP contribution is -2.23. The van der Waals surface area contributed by atoms with E-state index >= 15 is 0 Å². The lowest BCUT2D eigenvalue weighted by atomic mass is 9.97. The van der Waals surface area contributed by atoms with E-state index in [1.807, 2.05) is 6.07 Å². The Bertz CT molecular complexity index is 331. The maximum absolute atomic E-state index is 6.27. The molecular formula is C14H22ClNS. The molecule has 1 aromatic rings. The number of thiophene rings is 1. The second kappa shape index (κ2) is 6.77. The van der Waals surface area contributed by atoms with Gasteiger partial charge in [-0.15, -0.1) is 11.3 Å². The first kappa shape index (κ1) is 13.4. The van der Waals surface area contributed by atoms with Crippen LogP contribution in [0.15, 0.2) is 11.4 Å². The summed E-state index contributed by atoms with van der Waals surface area (Å²) in [4.78, 5) is 1.34. The van der Waals surface area contributed by atoms with E-state index in [1.54, 1.807) is 11.3 Å². The van der Waals surface area contributed by atoms with Crippen molar-refractivity contribution in [1.82, 2.24) is 5.32 Å². The first-order chi connectivity index (χ1) is 8.31. The van der Waals surface area contributed by atoms with E-state index in [9.17, 15) is 0 Å². The number of nitrogens with one attached hydrogen (secondary N) is 1. The van der Waals surface area contributed by atoms with E-state index in [0.29, 0.717) is 6.04 Å². The molecule has 1 aliphatic carbocycles. The zero-order valence-electron chi connectivity index (χ0n) is 10.5. The van der Waals surface area contributed by atoms with Crippen LogP contribution in [-0.2, 0) is 0 Å². The van der Waals surface area contributed by atoms with E-state index in [4.69, 9.17) is 11.6 Å². The number of rotatable bonds is 6. The van der Waals surface area contributed by atoms with Crippen LogP contribution < -0.4 is 5.32 Å². The Kier molecular flexibility index (Phi) is 5.33. The second-order valence-electron chi connectivity index (χ2n) is 5.03. The molecule has 0 amide bonds. The zero-order valence-corrected chi connectivity index (χ0v) is 12.1. The van der Waals surface area contributed by atoms with Crippen molar-refractivity contribution in [2.24, 2.45) is 5.92 Å². The molecule has 1 aliphatic rings. The SMILES string of the molecule is CCCNC(CC1CCCC1)c1sccc1Cl. The summed E-state index contributed by atoms with van der Waals surface area (Å²) in [5.74, 6) is 0.905. The van der Waals surface area contributed by atoms with Gasteiger partial charge in [-0.05, 0) is 36.8 Å². The minimum atomic E-state index is 0.477. The lowest BCUT2D eigenvalue weighted by Gasteiger charge is -2.21. The molecule has 1 heterocycles. The van der Waals surface area contributed by atoms with Gasteiger partial charge in [0, 0.05) is 10.9 Å². The molecule has 0 bridgehead atoms. The third kappa shape index (κ3) is 3.70. The van der Waals surface area contributed by atoms with Gasteiger partial charge in [-0.1, -0.05) is 44.2 Å². The van der Waals surface area contributed by atoms with Crippen molar-refractivity contribution < 1.29 is 0 Å². The summed E-state index contributed by atoms with van der Waals surface area (Å²) in [5, 5.41) is 6.72. The van der Waals surface area contributed by atoms with E-state index in [1.165, 1.54) is 43.4 Å². The van der Waals surface area contributed by atoms with Gasteiger partial charge in [-0.3, -0.25) is 0 Å². The van der Waals surface area contributed by atoms with Gasteiger partial charge < -0.3 is 5.32 Å². The quantitative estimate of drug-likeness (QED) is 0.766. The number of halogens is 1. The van der Waals surface area contributed by atoms with E-state index in [-0.39, 0.29) is 0 Å².